The first-order valence-corrected chi connectivity index (χ1v) is 8.18. The predicted octanol–water partition coefficient (Wildman–Crippen LogP) is 3.75. The molecule has 0 saturated heterocycles. The number of halogens is 1. The van der Waals surface area contributed by atoms with Gasteiger partial charge in [-0.05, 0) is 48.0 Å². The minimum absolute atomic E-state index is 0.128. The number of hydrogen-bond acceptors (Lipinski definition) is 4. The first-order valence-electron chi connectivity index (χ1n) is 7.39. The van der Waals surface area contributed by atoms with Gasteiger partial charge in [0.1, 0.15) is 11.6 Å². The lowest BCUT2D eigenvalue weighted by atomic mass is 10.0. The Bertz CT molecular complexity index is 703. The van der Waals surface area contributed by atoms with Crippen molar-refractivity contribution in [2.24, 2.45) is 0 Å². The zero-order chi connectivity index (χ0) is 17.5. The molecule has 2 aromatic rings. The third-order valence-corrected chi connectivity index (χ3v) is 3.57. The van der Waals surface area contributed by atoms with Gasteiger partial charge < -0.3 is 10.1 Å². The summed E-state index contributed by atoms with van der Waals surface area (Å²) in [7, 11) is 0. The number of nitrogens with zero attached hydrogens (tertiary/aromatic N) is 1. The Morgan fingerprint density at radius 1 is 1.25 bits per heavy atom. The topological polar surface area (TPSA) is 63.2 Å². The minimum atomic E-state index is -0.352. The molecule has 0 saturated carbocycles. The Balaban J connectivity index is 1.78. The maximum Gasteiger partial charge on any atom is 0.264 e. The van der Waals surface area contributed by atoms with Crippen molar-refractivity contribution in [3.63, 3.8) is 0 Å². The Morgan fingerprint density at radius 2 is 1.96 bits per heavy atom. The van der Waals surface area contributed by atoms with E-state index in [1.807, 2.05) is 24.3 Å². The van der Waals surface area contributed by atoms with Gasteiger partial charge in [-0.3, -0.25) is 10.1 Å². The molecule has 0 bridgehead atoms. The van der Waals surface area contributed by atoms with E-state index in [4.69, 9.17) is 28.6 Å². The molecule has 0 aliphatic heterocycles. The van der Waals surface area contributed by atoms with E-state index in [0.717, 1.165) is 0 Å². The van der Waals surface area contributed by atoms with Crippen molar-refractivity contribution in [3.05, 3.63) is 53.2 Å². The largest absolute Gasteiger partial charge is 0.484 e. The summed E-state index contributed by atoms with van der Waals surface area (Å²) in [5, 5.41) is 5.99. The fourth-order valence-corrected chi connectivity index (χ4v) is 2.19. The van der Waals surface area contributed by atoms with Crippen LogP contribution >= 0.6 is 23.8 Å². The number of benzene rings is 1. The Morgan fingerprint density at radius 3 is 2.54 bits per heavy atom. The standard InChI is InChI=1S/C17H18ClN3O2S/c1-11(2)12-3-6-14(7-4-12)23-10-16(22)21-17(24)20-15-8-5-13(18)9-19-15/h3-9,11H,10H2,1-2H3,(H2,19,20,21,22,24). The summed E-state index contributed by atoms with van der Waals surface area (Å²) in [6, 6.07) is 11.0. The first kappa shape index (κ1) is 18.2. The SMILES string of the molecule is CC(C)c1ccc(OCC(=O)NC(=S)Nc2ccc(Cl)cn2)cc1. The molecule has 2 rings (SSSR count). The molecule has 1 heterocycles. The summed E-state index contributed by atoms with van der Waals surface area (Å²) < 4.78 is 5.44. The average molecular weight is 364 g/mol. The molecule has 0 aliphatic rings. The van der Waals surface area contributed by atoms with Crippen LogP contribution in [0.2, 0.25) is 5.02 Å². The monoisotopic (exact) mass is 363 g/mol. The number of carbonyl (C=O) groups is 1. The summed E-state index contributed by atoms with van der Waals surface area (Å²) in [5.74, 6) is 1.23. The van der Waals surface area contributed by atoms with Crippen LogP contribution in [0.3, 0.4) is 0 Å². The molecule has 7 heteroatoms. The number of ether oxygens (including phenoxy) is 1. The van der Waals surface area contributed by atoms with E-state index in [0.29, 0.717) is 22.5 Å². The molecule has 1 aromatic carbocycles. The van der Waals surface area contributed by atoms with Gasteiger partial charge in [-0.15, -0.1) is 0 Å². The second-order valence-electron chi connectivity index (χ2n) is 5.38. The molecule has 126 valence electrons. The summed E-state index contributed by atoms with van der Waals surface area (Å²) in [6.45, 7) is 4.11. The van der Waals surface area contributed by atoms with Crippen molar-refractivity contribution in [2.45, 2.75) is 19.8 Å². The zero-order valence-electron chi connectivity index (χ0n) is 13.4. The van der Waals surface area contributed by atoms with Crippen LogP contribution in [0.15, 0.2) is 42.6 Å². The molecule has 0 aliphatic carbocycles. The fourth-order valence-electron chi connectivity index (χ4n) is 1.86. The van der Waals surface area contributed by atoms with E-state index in [1.54, 1.807) is 12.1 Å². The molecule has 24 heavy (non-hydrogen) atoms. The van der Waals surface area contributed by atoms with Gasteiger partial charge in [-0.25, -0.2) is 4.98 Å². The van der Waals surface area contributed by atoms with Crippen LogP contribution < -0.4 is 15.4 Å². The van der Waals surface area contributed by atoms with E-state index in [2.05, 4.69) is 29.5 Å². The van der Waals surface area contributed by atoms with Crippen molar-refractivity contribution in [1.29, 1.82) is 0 Å². The highest BCUT2D eigenvalue weighted by molar-refractivity contribution is 7.80. The van der Waals surface area contributed by atoms with E-state index in [9.17, 15) is 4.79 Å². The molecule has 0 spiro atoms. The quantitative estimate of drug-likeness (QED) is 0.792. The maximum atomic E-state index is 11.8. The van der Waals surface area contributed by atoms with Gasteiger partial charge >= 0.3 is 0 Å². The fraction of sp³-hybridized carbons (Fsp3) is 0.235. The van der Waals surface area contributed by atoms with Crippen LogP contribution in [-0.4, -0.2) is 22.6 Å². The number of aromatic nitrogens is 1. The average Bonchev–Trinajstić information content (AvgIpc) is 2.55. The van der Waals surface area contributed by atoms with Crippen LogP contribution in [0.5, 0.6) is 5.75 Å². The number of hydrogen-bond donors (Lipinski definition) is 2. The lowest BCUT2D eigenvalue weighted by Gasteiger charge is -2.11. The first-order chi connectivity index (χ1) is 11.4. The maximum absolute atomic E-state index is 11.8. The number of pyridine rings is 1. The Kier molecular flexibility index (Phi) is 6.52. The molecule has 0 unspecified atom stereocenters. The molecule has 1 aromatic heterocycles. The van der Waals surface area contributed by atoms with Gasteiger partial charge in [0.2, 0.25) is 0 Å². The highest BCUT2D eigenvalue weighted by Gasteiger charge is 2.07. The highest BCUT2D eigenvalue weighted by Crippen LogP contribution is 2.18. The molecule has 5 nitrogen and oxygen atoms in total. The Labute approximate surface area is 151 Å². The van der Waals surface area contributed by atoms with Crippen LogP contribution in [0.25, 0.3) is 0 Å². The molecular formula is C17H18ClN3O2S. The van der Waals surface area contributed by atoms with Crippen molar-refractivity contribution >= 4 is 40.7 Å². The van der Waals surface area contributed by atoms with Crippen LogP contribution in [0.1, 0.15) is 25.3 Å². The smallest absolute Gasteiger partial charge is 0.264 e. The summed E-state index contributed by atoms with van der Waals surface area (Å²) in [6.07, 6.45) is 1.48. The van der Waals surface area contributed by atoms with Crippen LogP contribution in [-0.2, 0) is 4.79 Å². The van der Waals surface area contributed by atoms with E-state index >= 15 is 0 Å². The van der Waals surface area contributed by atoms with Gasteiger partial charge in [0, 0.05) is 6.20 Å². The zero-order valence-corrected chi connectivity index (χ0v) is 14.9. The third-order valence-electron chi connectivity index (χ3n) is 3.14. The van der Waals surface area contributed by atoms with Gasteiger partial charge in [0.25, 0.3) is 5.91 Å². The van der Waals surface area contributed by atoms with Crippen LogP contribution in [0.4, 0.5) is 5.82 Å². The predicted molar refractivity (Wildman–Crippen MR) is 99.6 cm³/mol. The van der Waals surface area contributed by atoms with E-state index < -0.39 is 0 Å². The lowest BCUT2D eigenvalue weighted by Crippen LogP contribution is -2.37. The summed E-state index contributed by atoms with van der Waals surface area (Å²) in [4.78, 5) is 15.9. The summed E-state index contributed by atoms with van der Waals surface area (Å²) in [5.41, 5.74) is 1.22. The van der Waals surface area contributed by atoms with Gasteiger partial charge in [0.15, 0.2) is 11.7 Å². The second kappa shape index (κ2) is 8.61. The molecule has 0 radical (unpaired) electrons. The number of nitrogens with one attached hydrogen (secondary N) is 2. The molecule has 0 atom stereocenters. The number of thiocarbonyl (C=S) groups is 1. The Hall–Kier alpha value is -2.18. The highest BCUT2D eigenvalue weighted by atomic mass is 35.5. The molecule has 1 amide bonds. The number of rotatable bonds is 5. The van der Waals surface area contributed by atoms with Crippen molar-refractivity contribution in [3.8, 4) is 5.75 Å². The van der Waals surface area contributed by atoms with Gasteiger partial charge in [-0.1, -0.05) is 37.6 Å². The van der Waals surface area contributed by atoms with Crippen LogP contribution in [0, 0.1) is 0 Å². The van der Waals surface area contributed by atoms with Gasteiger partial charge in [0.05, 0.1) is 5.02 Å². The van der Waals surface area contributed by atoms with Crippen molar-refractivity contribution in [2.75, 3.05) is 11.9 Å². The van der Waals surface area contributed by atoms with Crippen molar-refractivity contribution in [1.82, 2.24) is 10.3 Å². The second-order valence-corrected chi connectivity index (χ2v) is 6.22. The number of anilines is 1. The lowest BCUT2D eigenvalue weighted by molar-refractivity contribution is -0.121. The van der Waals surface area contributed by atoms with Gasteiger partial charge in [-0.2, -0.15) is 0 Å². The third kappa shape index (κ3) is 5.79. The normalized spacial score (nSPS) is 10.3. The van der Waals surface area contributed by atoms with E-state index in [-0.39, 0.29) is 17.6 Å². The molecule has 2 N–H and O–H groups in total. The summed E-state index contributed by atoms with van der Waals surface area (Å²) >= 11 is 10.8. The minimum Gasteiger partial charge on any atom is -0.484 e. The molecular weight excluding hydrogens is 346 g/mol. The number of amides is 1. The molecule has 0 fully saturated rings. The number of carbonyl (C=O) groups excluding carboxylic acids is 1. The van der Waals surface area contributed by atoms with E-state index in [1.165, 1.54) is 11.8 Å². The van der Waals surface area contributed by atoms with Crippen molar-refractivity contribution < 1.29 is 9.53 Å².